The van der Waals surface area contributed by atoms with Crippen molar-refractivity contribution in [2.45, 2.75) is 6.42 Å². The number of benzene rings is 3. The van der Waals surface area contributed by atoms with Crippen LogP contribution in [-0.2, 0) is 20.8 Å². The number of hydrogen-bond acceptors (Lipinski definition) is 5. The number of anilines is 1. The van der Waals surface area contributed by atoms with Crippen LogP contribution in [0.25, 0.3) is 0 Å². The molecule has 3 aromatic rings. The van der Waals surface area contributed by atoms with Crippen molar-refractivity contribution in [2.75, 3.05) is 12.1 Å². The van der Waals surface area contributed by atoms with E-state index < -0.39 is 5.41 Å². The van der Waals surface area contributed by atoms with Gasteiger partial charge in [0.05, 0.1) is 18.5 Å². The highest BCUT2D eigenvalue weighted by atomic mass is 16.5. The van der Waals surface area contributed by atoms with Gasteiger partial charge in [0.1, 0.15) is 11.2 Å². The van der Waals surface area contributed by atoms with E-state index in [0.29, 0.717) is 22.7 Å². The molecule has 1 aliphatic carbocycles. The van der Waals surface area contributed by atoms with E-state index >= 15 is 0 Å². The summed E-state index contributed by atoms with van der Waals surface area (Å²) in [6.45, 7) is 0. The first-order valence-electron chi connectivity index (χ1n) is 11.2. The summed E-state index contributed by atoms with van der Waals surface area (Å²) in [6.07, 6.45) is 3.87. The van der Waals surface area contributed by atoms with Gasteiger partial charge in [-0.2, -0.15) is 10.1 Å². The van der Waals surface area contributed by atoms with Gasteiger partial charge in [-0.1, -0.05) is 60.7 Å². The van der Waals surface area contributed by atoms with Crippen molar-refractivity contribution in [3.63, 3.8) is 0 Å². The fraction of sp³-hybridized carbons (Fsp3) is 0.103. The minimum Gasteiger partial charge on any atom is -0.497 e. The number of carbonyl (C=O) groups excluding carboxylic acids is 3. The first kappa shape index (κ1) is 22.2. The van der Waals surface area contributed by atoms with Crippen molar-refractivity contribution < 1.29 is 19.1 Å². The third-order valence-corrected chi connectivity index (χ3v) is 6.25. The van der Waals surface area contributed by atoms with E-state index in [9.17, 15) is 14.4 Å². The van der Waals surface area contributed by atoms with Crippen LogP contribution in [0.4, 0.5) is 5.69 Å². The van der Waals surface area contributed by atoms with Crippen molar-refractivity contribution in [3.8, 4) is 5.75 Å². The molecule has 0 aromatic heterocycles. The third kappa shape index (κ3) is 3.89. The Labute approximate surface area is 202 Å². The Morgan fingerprint density at radius 3 is 2.14 bits per heavy atom. The van der Waals surface area contributed by atoms with E-state index in [4.69, 9.17) is 9.84 Å². The van der Waals surface area contributed by atoms with E-state index in [1.54, 1.807) is 31.4 Å². The van der Waals surface area contributed by atoms with Gasteiger partial charge in [-0.3, -0.25) is 14.4 Å². The van der Waals surface area contributed by atoms with Gasteiger partial charge in [0.2, 0.25) is 0 Å². The maximum atomic E-state index is 14.3. The first-order valence-corrected chi connectivity index (χ1v) is 11.2. The number of hydrazone groups is 1. The van der Waals surface area contributed by atoms with Crippen LogP contribution in [0.3, 0.4) is 0 Å². The molecule has 1 unspecified atom stereocenters. The number of methoxy groups -OCH3 is 1. The average molecular weight is 463 g/mol. The second-order valence-electron chi connectivity index (χ2n) is 8.36. The zero-order valence-electron chi connectivity index (χ0n) is 19.0. The number of rotatable bonds is 6. The maximum Gasteiger partial charge on any atom is 0.264 e. The fourth-order valence-corrected chi connectivity index (χ4v) is 4.55. The smallest absolute Gasteiger partial charge is 0.264 e. The zero-order valence-corrected chi connectivity index (χ0v) is 19.0. The monoisotopic (exact) mass is 462 g/mol. The molecular weight excluding hydrogens is 440 g/mol. The van der Waals surface area contributed by atoms with E-state index in [2.05, 4.69) is 0 Å². The van der Waals surface area contributed by atoms with Crippen LogP contribution < -0.4 is 9.75 Å². The third-order valence-electron chi connectivity index (χ3n) is 6.25. The van der Waals surface area contributed by atoms with E-state index in [1.807, 2.05) is 60.7 Å². The Morgan fingerprint density at radius 1 is 0.829 bits per heavy atom. The summed E-state index contributed by atoms with van der Waals surface area (Å²) in [7, 11) is 1.58. The predicted octanol–water partition coefficient (Wildman–Crippen LogP) is 4.31. The quantitative estimate of drug-likeness (QED) is 0.512. The lowest BCUT2D eigenvalue weighted by atomic mass is 9.67. The highest BCUT2D eigenvalue weighted by Gasteiger charge is 2.56. The van der Waals surface area contributed by atoms with Gasteiger partial charge in [0, 0.05) is 5.57 Å². The molecule has 0 spiro atoms. The minimum absolute atomic E-state index is 0.117. The van der Waals surface area contributed by atoms with Gasteiger partial charge >= 0.3 is 0 Å². The van der Waals surface area contributed by atoms with Gasteiger partial charge < -0.3 is 4.74 Å². The topological polar surface area (TPSA) is 76.0 Å². The average Bonchev–Trinajstić information content (AvgIpc) is 3.19. The number of hydrogen-bond donors (Lipinski definition) is 0. The largest absolute Gasteiger partial charge is 0.497 e. The lowest BCUT2D eigenvalue weighted by Crippen LogP contribution is -2.46. The minimum atomic E-state index is -1.50. The Hall–Kier alpha value is -4.58. The van der Waals surface area contributed by atoms with Crippen LogP contribution in [0, 0.1) is 5.41 Å². The Kier molecular flexibility index (Phi) is 5.71. The molecule has 35 heavy (non-hydrogen) atoms. The summed E-state index contributed by atoms with van der Waals surface area (Å²) in [5.74, 6) is -0.437. The molecule has 0 bridgehead atoms. The van der Waals surface area contributed by atoms with E-state index in [1.165, 1.54) is 23.2 Å². The lowest BCUT2D eigenvalue weighted by Gasteiger charge is -2.32. The SMILES string of the molecule is COc1ccc(CC2(C3=CC(=O)C=CC3=O)C(=O)N(c3ccccc3)N=C2c2ccccc2)cc1. The molecule has 1 heterocycles. The number of allylic oxidation sites excluding steroid dienone is 3. The highest BCUT2D eigenvalue weighted by Crippen LogP contribution is 2.45. The van der Waals surface area contributed by atoms with Gasteiger partial charge in [0.15, 0.2) is 11.6 Å². The Bertz CT molecular complexity index is 1390. The Morgan fingerprint density at radius 2 is 1.49 bits per heavy atom. The summed E-state index contributed by atoms with van der Waals surface area (Å²) < 4.78 is 5.28. The summed E-state index contributed by atoms with van der Waals surface area (Å²) in [5.41, 5.74) is 1.12. The second kappa shape index (κ2) is 8.99. The number of amides is 1. The molecule has 1 atom stereocenters. The number of nitrogens with zero attached hydrogens (tertiary/aromatic N) is 2. The van der Waals surface area contributed by atoms with Crippen molar-refractivity contribution in [3.05, 3.63) is 120 Å². The molecule has 0 fully saturated rings. The molecule has 6 heteroatoms. The zero-order chi connectivity index (χ0) is 24.4. The van der Waals surface area contributed by atoms with Crippen LogP contribution in [0.1, 0.15) is 11.1 Å². The van der Waals surface area contributed by atoms with Gasteiger partial charge in [-0.15, -0.1) is 0 Å². The van der Waals surface area contributed by atoms with Crippen LogP contribution in [0.5, 0.6) is 5.75 Å². The summed E-state index contributed by atoms with van der Waals surface area (Å²) in [6, 6.07) is 25.7. The first-order chi connectivity index (χ1) is 17.0. The number of ketones is 2. The molecular formula is C29H22N2O4. The van der Waals surface area contributed by atoms with Gasteiger partial charge in [-0.05, 0) is 60.0 Å². The predicted molar refractivity (Wildman–Crippen MR) is 133 cm³/mol. The molecule has 2 aliphatic rings. The second-order valence-corrected chi connectivity index (χ2v) is 8.36. The number of para-hydroxylation sites is 1. The molecule has 172 valence electrons. The van der Waals surface area contributed by atoms with Crippen molar-refractivity contribution in [1.82, 2.24) is 0 Å². The molecule has 1 aliphatic heterocycles. The molecule has 0 saturated carbocycles. The molecule has 5 rings (SSSR count). The normalized spacial score (nSPS) is 19.6. The summed E-state index contributed by atoms with van der Waals surface area (Å²) in [5, 5.41) is 6.11. The summed E-state index contributed by atoms with van der Waals surface area (Å²) in [4.78, 5) is 40.0. The molecule has 3 aromatic carbocycles. The van der Waals surface area contributed by atoms with Crippen molar-refractivity contribution in [1.29, 1.82) is 0 Å². The van der Waals surface area contributed by atoms with Crippen LogP contribution in [-0.4, -0.2) is 30.3 Å². The molecule has 0 saturated heterocycles. The van der Waals surface area contributed by atoms with E-state index in [-0.39, 0.29) is 29.5 Å². The molecule has 6 nitrogen and oxygen atoms in total. The highest BCUT2D eigenvalue weighted by molar-refractivity contribution is 6.33. The van der Waals surface area contributed by atoms with Gasteiger partial charge in [0.25, 0.3) is 5.91 Å². The van der Waals surface area contributed by atoms with Crippen LogP contribution in [0.2, 0.25) is 0 Å². The van der Waals surface area contributed by atoms with Crippen LogP contribution in [0.15, 0.2) is 114 Å². The van der Waals surface area contributed by atoms with Crippen LogP contribution >= 0.6 is 0 Å². The van der Waals surface area contributed by atoms with E-state index in [0.717, 1.165) is 5.56 Å². The standard InChI is InChI=1S/C29H22N2O4/c1-35-24-15-12-20(13-16-24)19-29(25-18-23(32)14-17-26(25)33)27(21-8-4-2-5-9-21)30-31(28(29)34)22-10-6-3-7-11-22/h2-18H,19H2,1H3. The molecule has 0 radical (unpaired) electrons. The lowest BCUT2D eigenvalue weighted by molar-refractivity contribution is -0.124. The molecule has 1 amide bonds. The molecule has 0 N–H and O–H groups in total. The number of ether oxygens (including phenoxy) is 1. The summed E-state index contributed by atoms with van der Waals surface area (Å²) >= 11 is 0. The Balaban J connectivity index is 1.75. The van der Waals surface area contributed by atoms with Gasteiger partial charge in [-0.25, -0.2) is 0 Å². The number of carbonyl (C=O) groups is 3. The maximum absolute atomic E-state index is 14.3. The van der Waals surface area contributed by atoms with Crippen molar-refractivity contribution >= 4 is 28.9 Å². The van der Waals surface area contributed by atoms with Crippen molar-refractivity contribution in [2.24, 2.45) is 10.5 Å². The fourth-order valence-electron chi connectivity index (χ4n) is 4.55.